The van der Waals surface area contributed by atoms with Crippen molar-refractivity contribution >= 4 is 37.5 Å². The monoisotopic (exact) mass is 450 g/mol. The molecule has 0 bridgehead atoms. The van der Waals surface area contributed by atoms with E-state index in [4.69, 9.17) is 0 Å². The van der Waals surface area contributed by atoms with Crippen LogP contribution in [0.1, 0.15) is 24.0 Å². The molecular weight excluding hydrogens is 428 g/mol. The Bertz CT molecular complexity index is 922. The number of rotatable bonds is 4. The number of nitrogens with one attached hydrogen (secondary N) is 1. The SMILES string of the molecule is Cc1cc(Br)cc(C)c1NC(=O)[C@@H]1CCCN(S(=O)(=O)c2ccccc2)C1. The molecule has 1 aliphatic rings. The topological polar surface area (TPSA) is 66.5 Å². The van der Waals surface area contributed by atoms with Crippen molar-refractivity contribution in [1.82, 2.24) is 4.31 Å². The summed E-state index contributed by atoms with van der Waals surface area (Å²) in [5, 5.41) is 3.01. The molecule has 2 aromatic carbocycles. The summed E-state index contributed by atoms with van der Waals surface area (Å²) >= 11 is 3.46. The fourth-order valence-electron chi connectivity index (χ4n) is 3.45. The molecule has 27 heavy (non-hydrogen) atoms. The Labute approximate surface area is 169 Å². The smallest absolute Gasteiger partial charge is 0.243 e. The lowest BCUT2D eigenvalue weighted by Gasteiger charge is -2.31. The Morgan fingerprint density at radius 3 is 2.41 bits per heavy atom. The van der Waals surface area contributed by atoms with Gasteiger partial charge < -0.3 is 5.32 Å². The van der Waals surface area contributed by atoms with Crippen molar-refractivity contribution in [2.75, 3.05) is 18.4 Å². The molecule has 1 heterocycles. The Kier molecular flexibility index (Phi) is 6.03. The number of piperidine rings is 1. The van der Waals surface area contributed by atoms with Crippen LogP contribution in [-0.2, 0) is 14.8 Å². The van der Waals surface area contributed by atoms with Gasteiger partial charge in [-0.3, -0.25) is 4.79 Å². The molecule has 0 radical (unpaired) electrons. The van der Waals surface area contributed by atoms with E-state index in [0.29, 0.717) is 19.4 Å². The second-order valence-electron chi connectivity index (χ2n) is 6.92. The number of amides is 1. The maximum absolute atomic E-state index is 12.8. The van der Waals surface area contributed by atoms with Crippen LogP contribution < -0.4 is 5.32 Å². The third-order valence-electron chi connectivity index (χ3n) is 4.88. The summed E-state index contributed by atoms with van der Waals surface area (Å²) in [6.45, 7) is 4.54. The number of aryl methyl sites for hydroxylation is 2. The van der Waals surface area contributed by atoms with Crippen molar-refractivity contribution in [3.63, 3.8) is 0 Å². The highest BCUT2D eigenvalue weighted by Crippen LogP contribution is 2.28. The van der Waals surface area contributed by atoms with Gasteiger partial charge in [0.1, 0.15) is 0 Å². The Morgan fingerprint density at radius 2 is 1.78 bits per heavy atom. The maximum Gasteiger partial charge on any atom is 0.243 e. The van der Waals surface area contributed by atoms with Gasteiger partial charge in [-0.1, -0.05) is 34.1 Å². The van der Waals surface area contributed by atoms with E-state index in [9.17, 15) is 13.2 Å². The van der Waals surface area contributed by atoms with Crippen molar-refractivity contribution in [2.45, 2.75) is 31.6 Å². The van der Waals surface area contributed by atoms with E-state index in [1.807, 2.05) is 26.0 Å². The van der Waals surface area contributed by atoms with Crippen LogP contribution >= 0.6 is 15.9 Å². The van der Waals surface area contributed by atoms with Crippen LogP contribution in [0.25, 0.3) is 0 Å². The molecule has 1 amide bonds. The Morgan fingerprint density at radius 1 is 1.15 bits per heavy atom. The second-order valence-corrected chi connectivity index (χ2v) is 9.77. The zero-order valence-corrected chi connectivity index (χ0v) is 17.8. The molecule has 1 saturated heterocycles. The number of hydrogen-bond acceptors (Lipinski definition) is 3. The molecule has 144 valence electrons. The first-order chi connectivity index (χ1) is 12.8. The molecule has 1 atom stereocenters. The quantitative estimate of drug-likeness (QED) is 0.761. The van der Waals surface area contributed by atoms with Crippen LogP contribution in [0.4, 0.5) is 5.69 Å². The van der Waals surface area contributed by atoms with E-state index in [0.717, 1.165) is 21.3 Å². The molecule has 0 aromatic heterocycles. The van der Waals surface area contributed by atoms with Gasteiger partial charge in [0.15, 0.2) is 0 Å². The van der Waals surface area contributed by atoms with Gasteiger partial charge in [-0.05, 0) is 62.1 Å². The minimum Gasteiger partial charge on any atom is -0.325 e. The van der Waals surface area contributed by atoms with Crippen molar-refractivity contribution in [1.29, 1.82) is 0 Å². The van der Waals surface area contributed by atoms with Gasteiger partial charge in [-0.15, -0.1) is 0 Å². The normalized spacial score (nSPS) is 18.3. The van der Waals surface area contributed by atoms with Crippen LogP contribution in [0, 0.1) is 19.8 Å². The highest BCUT2D eigenvalue weighted by Gasteiger charge is 2.33. The summed E-state index contributed by atoms with van der Waals surface area (Å²) in [6.07, 6.45) is 1.35. The van der Waals surface area contributed by atoms with Gasteiger partial charge >= 0.3 is 0 Å². The van der Waals surface area contributed by atoms with Crippen LogP contribution in [-0.4, -0.2) is 31.7 Å². The number of anilines is 1. The van der Waals surface area contributed by atoms with Gasteiger partial charge in [0.25, 0.3) is 0 Å². The molecule has 0 spiro atoms. The summed E-state index contributed by atoms with van der Waals surface area (Å²) < 4.78 is 28.1. The number of carbonyl (C=O) groups is 1. The van der Waals surface area contributed by atoms with E-state index < -0.39 is 10.0 Å². The average molecular weight is 451 g/mol. The molecule has 7 heteroatoms. The number of benzene rings is 2. The lowest BCUT2D eigenvalue weighted by molar-refractivity contribution is -0.120. The van der Waals surface area contributed by atoms with Crippen LogP contribution in [0.2, 0.25) is 0 Å². The molecule has 0 unspecified atom stereocenters. The lowest BCUT2D eigenvalue weighted by atomic mass is 9.98. The number of hydrogen-bond donors (Lipinski definition) is 1. The predicted molar refractivity (Wildman–Crippen MR) is 110 cm³/mol. The molecule has 0 saturated carbocycles. The van der Waals surface area contributed by atoms with Crippen molar-refractivity contribution in [3.8, 4) is 0 Å². The van der Waals surface area contributed by atoms with E-state index >= 15 is 0 Å². The predicted octanol–water partition coefficient (Wildman–Crippen LogP) is 4.11. The zero-order chi connectivity index (χ0) is 19.6. The Balaban J connectivity index is 1.76. The summed E-state index contributed by atoms with van der Waals surface area (Å²) in [4.78, 5) is 13.1. The largest absolute Gasteiger partial charge is 0.325 e. The fraction of sp³-hybridized carbons (Fsp3) is 0.350. The number of nitrogens with zero attached hydrogens (tertiary/aromatic N) is 1. The van der Waals surface area contributed by atoms with Crippen molar-refractivity contribution in [2.24, 2.45) is 5.92 Å². The summed E-state index contributed by atoms with van der Waals surface area (Å²) in [6, 6.07) is 12.3. The Hall–Kier alpha value is -1.70. The second kappa shape index (κ2) is 8.12. The molecule has 3 rings (SSSR count). The van der Waals surface area contributed by atoms with E-state index in [2.05, 4.69) is 21.2 Å². The van der Waals surface area contributed by atoms with E-state index in [-0.39, 0.29) is 23.3 Å². The third-order valence-corrected chi connectivity index (χ3v) is 7.22. The summed E-state index contributed by atoms with van der Waals surface area (Å²) in [7, 11) is -3.58. The fourth-order valence-corrected chi connectivity index (χ4v) is 5.68. The van der Waals surface area contributed by atoms with Crippen LogP contribution in [0.3, 0.4) is 0 Å². The highest BCUT2D eigenvalue weighted by molar-refractivity contribution is 9.10. The molecule has 2 aromatic rings. The lowest BCUT2D eigenvalue weighted by Crippen LogP contribution is -2.43. The molecule has 1 aliphatic heterocycles. The molecule has 5 nitrogen and oxygen atoms in total. The van der Waals surface area contributed by atoms with Gasteiger partial charge in [0.2, 0.25) is 15.9 Å². The summed E-state index contributed by atoms with van der Waals surface area (Å²) in [5.41, 5.74) is 2.74. The number of halogens is 1. The molecule has 1 fully saturated rings. The van der Waals surface area contributed by atoms with Crippen molar-refractivity contribution < 1.29 is 13.2 Å². The maximum atomic E-state index is 12.8. The van der Waals surface area contributed by atoms with Gasteiger partial charge in [0, 0.05) is 23.2 Å². The minimum atomic E-state index is -3.58. The summed E-state index contributed by atoms with van der Waals surface area (Å²) in [5.74, 6) is -0.490. The minimum absolute atomic E-state index is 0.128. The first-order valence-corrected chi connectivity index (χ1v) is 11.1. The molecule has 1 N–H and O–H groups in total. The van der Waals surface area contributed by atoms with E-state index in [1.165, 1.54) is 4.31 Å². The third kappa shape index (κ3) is 4.42. The molecular formula is C20H23BrN2O3S. The first-order valence-electron chi connectivity index (χ1n) is 8.92. The van der Waals surface area contributed by atoms with Crippen LogP contribution in [0.5, 0.6) is 0 Å². The van der Waals surface area contributed by atoms with Gasteiger partial charge in [-0.25, -0.2) is 8.42 Å². The van der Waals surface area contributed by atoms with Crippen LogP contribution in [0.15, 0.2) is 51.8 Å². The van der Waals surface area contributed by atoms with Crippen molar-refractivity contribution in [3.05, 3.63) is 58.1 Å². The van der Waals surface area contributed by atoms with Gasteiger partial charge in [0.05, 0.1) is 10.8 Å². The number of carbonyl (C=O) groups excluding carboxylic acids is 1. The highest BCUT2D eigenvalue weighted by atomic mass is 79.9. The van der Waals surface area contributed by atoms with E-state index in [1.54, 1.807) is 30.3 Å². The zero-order valence-electron chi connectivity index (χ0n) is 15.4. The standard InChI is InChI=1S/C20H23BrN2O3S/c1-14-11-17(21)12-15(2)19(14)22-20(24)16-7-6-10-23(13-16)27(25,26)18-8-4-3-5-9-18/h3-5,8-9,11-12,16H,6-7,10,13H2,1-2H3,(H,22,24)/t16-/m1/s1. The average Bonchev–Trinajstić information content (AvgIpc) is 2.65. The molecule has 0 aliphatic carbocycles. The first kappa shape index (κ1) is 20.0. The van der Waals surface area contributed by atoms with Gasteiger partial charge in [-0.2, -0.15) is 4.31 Å². The number of sulfonamides is 1.